The SMILES string of the molecule is C=CCNc1ccc(C(=O)Nc2ccc(Cl)cc2C)nc1. The zero-order valence-corrected chi connectivity index (χ0v) is 12.4. The Balaban J connectivity index is 2.07. The average molecular weight is 302 g/mol. The number of hydrogen-bond acceptors (Lipinski definition) is 3. The zero-order valence-electron chi connectivity index (χ0n) is 11.7. The zero-order chi connectivity index (χ0) is 15.2. The van der Waals surface area contributed by atoms with Gasteiger partial charge in [0.1, 0.15) is 5.69 Å². The molecule has 0 fully saturated rings. The molecular weight excluding hydrogens is 286 g/mol. The molecule has 0 spiro atoms. The minimum atomic E-state index is -0.254. The molecule has 1 amide bonds. The Morgan fingerprint density at radius 3 is 2.81 bits per heavy atom. The molecular formula is C16H16ClN3O. The van der Waals surface area contributed by atoms with E-state index in [-0.39, 0.29) is 5.91 Å². The number of carbonyl (C=O) groups excluding carboxylic acids is 1. The normalized spacial score (nSPS) is 10.0. The Bertz CT molecular complexity index is 653. The minimum absolute atomic E-state index is 0.254. The smallest absolute Gasteiger partial charge is 0.274 e. The Morgan fingerprint density at radius 1 is 1.38 bits per heavy atom. The van der Waals surface area contributed by atoms with Gasteiger partial charge in [0.15, 0.2) is 0 Å². The second kappa shape index (κ2) is 6.90. The van der Waals surface area contributed by atoms with Crippen LogP contribution in [0.25, 0.3) is 0 Å². The maximum atomic E-state index is 12.1. The highest BCUT2D eigenvalue weighted by atomic mass is 35.5. The molecule has 0 saturated carbocycles. The van der Waals surface area contributed by atoms with E-state index >= 15 is 0 Å². The Hall–Kier alpha value is -2.33. The molecule has 0 aliphatic carbocycles. The highest BCUT2D eigenvalue weighted by Crippen LogP contribution is 2.20. The Kier molecular flexibility index (Phi) is 4.95. The third kappa shape index (κ3) is 4.07. The molecule has 2 rings (SSSR count). The van der Waals surface area contributed by atoms with Gasteiger partial charge in [0.05, 0.1) is 11.9 Å². The second-order valence-electron chi connectivity index (χ2n) is 4.52. The topological polar surface area (TPSA) is 54.0 Å². The van der Waals surface area contributed by atoms with E-state index in [4.69, 9.17) is 11.6 Å². The summed E-state index contributed by atoms with van der Waals surface area (Å²) in [5, 5.41) is 6.56. The van der Waals surface area contributed by atoms with Gasteiger partial charge in [0.2, 0.25) is 0 Å². The number of aromatic nitrogens is 1. The molecule has 0 saturated heterocycles. The molecule has 1 heterocycles. The van der Waals surface area contributed by atoms with Crippen molar-refractivity contribution in [2.24, 2.45) is 0 Å². The van der Waals surface area contributed by atoms with Gasteiger partial charge < -0.3 is 10.6 Å². The molecule has 4 nitrogen and oxygen atoms in total. The lowest BCUT2D eigenvalue weighted by atomic mass is 10.2. The molecule has 0 atom stereocenters. The van der Waals surface area contributed by atoms with Crippen LogP contribution in [0.3, 0.4) is 0 Å². The van der Waals surface area contributed by atoms with Crippen LogP contribution in [-0.4, -0.2) is 17.4 Å². The fourth-order valence-electron chi connectivity index (χ4n) is 1.78. The van der Waals surface area contributed by atoms with Crippen molar-refractivity contribution in [2.75, 3.05) is 17.2 Å². The first kappa shape index (κ1) is 15.1. The van der Waals surface area contributed by atoms with Crippen LogP contribution >= 0.6 is 11.6 Å². The molecule has 2 aromatic rings. The van der Waals surface area contributed by atoms with Gasteiger partial charge in [-0.15, -0.1) is 6.58 Å². The van der Waals surface area contributed by atoms with Crippen molar-refractivity contribution >= 4 is 28.9 Å². The molecule has 0 bridgehead atoms. The molecule has 5 heteroatoms. The van der Waals surface area contributed by atoms with Gasteiger partial charge in [0.25, 0.3) is 5.91 Å². The number of carbonyl (C=O) groups is 1. The van der Waals surface area contributed by atoms with Gasteiger partial charge in [-0.2, -0.15) is 0 Å². The summed E-state index contributed by atoms with van der Waals surface area (Å²) in [6.45, 7) is 6.16. The van der Waals surface area contributed by atoms with Crippen molar-refractivity contribution in [3.8, 4) is 0 Å². The molecule has 0 radical (unpaired) electrons. The van der Waals surface area contributed by atoms with Gasteiger partial charge in [-0.1, -0.05) is 17.7 Å². The lowest BCUT2D eigenvalue weighted by Gasteiger charge is -2.09. The van der Waals surface area contributed by atoms with E-state index in [0.717, 1.165) is 16.9 Å². The fourth-order valence-corrected chi connectivity index (χ4v) is 2.00. The maximum absolute atomic E-state index is 12.1. The fraction of sp³-hybridized carbons (Fsp3) is 0.125. The van der Waals surface area contributed by atoms with Crippen molar-refractivity contribution in [1.29, 1.82) is 0 Å². The Morgan fingerprint density at radius 2 is 2.19 bits per heavy atom. The van der Waals surface area contributed by atoms with E-state index < -0.39 is 0 Å². The second-order valence-corrected chi connectivity index (χ2v) is 4.95. The van der Waals surface area contributed by atoms with Crippen LogP contribution in [-0.2, 0) is 0 Å². The number of pyridine rings is 1. The summed E-state index contributed by atoms with van der Waals surface area (Å²) < 4.78 is 0. The maximum Gasteiger partial charge on any atom is 0.274 e. The lowest BCUT2D eigenvalue weighted by Crippen LogP contribution is -2.14. The number of nitrogens with one attached hydrogen (secondary N) is 2. The highest BCUT2D eigenvalue weighted by Gasteiger charge is 2.09. The van der Waals surface area contributed by atoms with E-state index in [1.807, 2.05) is 6.92 Å². The summed E-state index contributed by atoms with van der Waals surface area (Å²) in [5.41, 5.74) is 2.82. The van der Waals surface area contributed by atoms with Crippen LogP contribution in [0.2, 0.25) is 5.02 Å². The molecule has 0 aliphatic heterocycles. The third-order valence-corrected chi connectivity index (χ3v) is 3.12. The molecule has 1 aromatic carbocycles. The standard InChI is InChI=1S/C16H16ClN3O/c1-3-8-18-13-5-7-15(19-10-13)16(21)20-14-6-4-12(17)9-11(14)2/h3-7,9-10,18H,1,8H2,2H3,(H,20,21). The van der Waals surface area contributed by atoms with E-state index in [0.29, 0.717) is 17.3 Å². The number of rotatable bonds is 5. The molecule has 0 unspecified atom stereocenters. The number of amides is 1. The molecule has 21 heavy (non-hydrogen) atoms. The van der Waals surface area contributed by atoms with E-state index in [2.05, 4.69) is 22.2 Å². The number of halogens is 1. The summed E-state index contributed by atoms with van der Waals surface area (Å²) in [4.78, 5) is 16.3. The summed E-state index contributed by atoms with van der Waals surface area (Å²) >= 11 is 5.89. The lowest BCUT2D eigenvalue weighted by molar-refractivity contribution is 0.102. The van der Waals surface area contributed by atoms with Gasteiger partial charge >= 0.3 is 0 Å². The molecule has 2 N–H and O–H groups in total. The van der Waals surface area contributed by atoms with Crippen molar-refractivity contribution in [3.05, 3.63) is 65.5 Å². The van der Waals surface area contributed by atoms with Crippen LogP contribution in [0.15, 0.2) is 49.2 Å². The first-order valence-corrected chi connectivity index (χ1v) is 6.86. The van der Waals surface area contributed by atoms with Crippen LogP contribution in [0, 0.1) is 6.92 Å². The number of benzene rings is 1. The summed E-state index contributed by atoms with van der Waals surface area (Å²) in [7, 11) is 0. The van der Waals surface area contributed by atoms with E-state index in [9.17, 15) is 4.79 Å². The van der Waals surface area contributed by atoms with Crippen molar-refractivity contribution in [1.82, 2.24) is 4.98 Å². The summed E-state index contributed by atoms with van der Waals surface area (Å²) in [6, 6.07) is 8.79. The average Bonchev–Trinajstić information content (AvgIpc) is 2.48. The monoisotopic (exact) mass is 301 g/mol. The van der Waals surface area contributed by atoms with Crippen LogP contribution < -0.4 is 10.6 Å². The van der Waals surface area contributed by atoms with Crippen LogP contribution in [0.1, 0.15) is 16.1 Å². The molecule has 108 valence electrons. The third-order valence-electron chi connectivity index (χ3n) is 2.88. The van der Waals surface area contributed by atoms with Crippen molar-refractivity contribution in [2.45, 2.75) is 6.92 Å². The largest absolute Gasteiger partial charge is 0.380 e. The van der Waals surface area contributed by atoms with Gasteiger partial charge in [-0.25, -0.2) is 4.98 Å². The van der Waals surface area contributed by atoms with Gasteiger partial charge in [-0.3, -0.25) is 4.79 Å². The van der Waals surface area contributed by atoms with E-state index in [1.54, 1.807) is 42.6 Å². The summed E-state index contributed by atoms with van der Waals surface area (Å²) in [6.07, 6.45) is 3.37. The van der Waals surface area contributed by atoms with Crippen molar-refractivity contribution in [3.63, 3.8) is 0 Å². The van der Waals surface area contributed by atoms with Crippen LogP contribution in [0.4, 0.5) is 11.4 Å². The first-order valence-electron chi connectivity index (χ1n) is 6.48. The molecule has 1 aromatic heterocycles. The number of anilines is 2. The predicted molar refractivity (Wildman–Crippen MR) is 87.1 cm³/mol. The van der Waals surface area contributed by atoms with Crippen LogP contribution in [0.5, 0.6) is 0 Å². The number of aryl methyl sites for hydroxylation is 1. The number of hydrogen-bond donors (Lipinski definition) is 2. The van der Waals surface area contributed by atoms with E-state index in [1.165, 1.54) is 0 Å². The predicted octanol–water partition coefficient (Wildman–Crippen LogP) is 3.89. The quantitative estimate of drug-likeness (QED) is 0.824. The first-order chi connectivity index (χ1) is 10.1. The number of nitrogens with zero attached hydrogens (tertiary/aromatic N) is 1. The summed E-state index contributed by atoms with van der Waals surface area (Å²) in [5.74, 6) is -0.254. The van der Waals surface area contributed by atoms with Crippen molar-refractivity contribution < 1.29 is 4.79 Å². The highest BCUT2D eigenvalue weighted by molar-refractivity contribution is 6.30. The van der Waals surface area contributed by atoms with Gasteiger partial charge in [0, 0.05) is 17.3 Å². The minimum Gasteiger partial charge on any atom is -0.380 e. The van der Waals surface area contributed by atoms with Gasteiger partial charge in [-0.05, 0) is 42.8 Å². The Labute approximate surface area is 128 Å². The molecule has 0 aliphatic rings.